The topological polar surface area (TPSA) is 90.3 Å². The van der Waals surface area contributed by atoms with Crippen molar-refractivity contribution in [2.24, 2.45) is 0 Å². The third-order valence-electron chi connectivity index (χ3n) is 6.71. The third kappa shape index (κ3) is 6.23. The molecule has 0 amide bonds. The number of nitrogens with one attached hydrogen (secondary N) is 1. The molecule has 1 unspecified atom stereocenters. The number of ether oxygens (including phenoxy) is 1. The molecule has 7 nitrogen and oxygen atoms in total. The van der Waals surface area contributed by atoms with E-state index in [9.17, 15) is 13.2 Å². The summed E-state index contributed by atoms with van der Waals surface area (Å²) in [5.74, 6) is 1.00. The highest BCUT2D eigenvalue weighted by atomic mass is 32.2. The van der Waals surface area contributed by atoms with Gasteiger partial charge in [-0.3, -0.25) is 9.36 Å². The Morgan fingerprint density at radius 3 is 2.36 bits per heavy atom. The van der Waals surface area contributed by atoms with E-state index >= 15 is 0 Å². The maximum Gasteiger partial charge on any atom is 0.266 e. The SMILES string of the molecule is CCCCOc1ccc(-n2c(C(C)NS(=O)(=O)c3ccc(C(C)(C)C)cc3C)nc3ccccc3c2=O)cc1. The van der Waals surface area contributed by atoms with Gasteiger partial charge in [-0.25, -0.2) is 18.1 Å². The number of fused-ring (bicyclic) bond motifs is 1. The highest BCUT2D eigenvalue weighted by Gasteiger charge is 2.26. The van der Waals surface area contributed by atoms with Gasteiger partial charge in [0.2, 0.25) is 10.0 Å². The van der Waals surface area contributed by atoms with Gasteiger partial charge in [0, 0.05) is 0 Å². The standard InChI is InChI=1S/C31H37N3O4S/c1-7-8-19-38-25-16-14-24(15-17-25)34-29(32-27-12-10-9-11-26(27)30(34)35)22(3)33-39(36,37)28-18-13-23(20-21(28)2)31(4,5)6/h9-18,20,22,33H,7-8,19H2,1-6H3. The molecule has 8 heteroatoms. The number of unbranched alkanes of at least 4 members (excludes halogenated alkanes) is 1. The van der Waals surface area contributed by atoms with Crippen molar-refractivity contribution in [3.63, 3.8) is 0 Å². The number of hydrogen-bond donors (Lipinski definition) is 1. The minimum absolute atomic E-state index is 0.102. The summed E-state index contributed by atoms with van der Waals surface area (Å²) >= 11 is 0. The molecular weight excluding hydrogens is 510 g/mol. The number of sulfonamides is 1. The van der Waals surface area contributed by atoms with E-state index in [1.54, 1.807) is 56.3 Å². The van der Waals surface area contributed by atoms with Gasteiger partial charge in [0.15, 0.2) is 0 Å². The van der Waals surface area contributed by atoms with Crippen LogP contribution in [0, 0.1) is 6.92 Å². The highest BCUT2D eigenvalue weighted by molar-refractivity contribution is 7.89. The molecule has 0 aliphatic rings. The molecular formula is C31H37N3O4S. The van der Waals surface area contributed by atoms with Crippen molar-refractivity contribution in [3.8, 4) is 11.4 Å². The molecule has 39 heavy (non-hydrogen) atoms. The zero-order valence-corrected chi connectivity index (χ0v) is 24.3. The molecule has 0 saturated heterocycles. The molecule has 1 aromatic heterocycles. The minimum atomic E-state index is -3.91. The molecule has 1 heterocycles. The van der Waals surface area contributed by atoms with E-state index in [1.807, 2.05) is 24.3 Å². The molecule has 4 aromatic rings. The Hall–Kier alpha value is -3.49. The second-order valence-electron chi connectivity index (χ2n) is 10.9. The molecule has 0 radical (unpaired) electrons. The molecule has 1 N–H and O–H groups in total. The van der Waals surface area contributed by atoms with Gasteiger partial charge in [-0.2, -0.15) is 0 Å². The lowest BCUT2D eigenvalue weighted by molar-refractivity contribution is 0.309. The Bertz CT molecular complexity index is 1640. The Labute approximate surface area is 230 Å². The van der Waals surface area contributed by atoms with E-state index < -0.39 is 16.1 Å². The van der Waals surface area contributed by atoms with Crippen LogP contribution in [0.1, 0.15) is 70.5 Å². The van der Waals surface area contributed by atoms with Crippen LogP contribution in [0.4, 0.5) is 0 Å². The number of aromatic nitrogens is 2. The summed E-state index contributed by atoms with van der Waals surface area (Å²) in [7, 11) is -3.91. The number of aryl methyl sites for hydroxylation is 1. The monoisotopic (exact) mass is 547 g/mol. The first-order valence-corrected chi connectivity index (χ1v) is 14.8. The number of para-hydroxylation sites is 1. The lowest BCUT2D eigenvalue weighted by Crippen LogP contribution is -2.33. The van der Waals surface area contributed by atoms with Crippen LogP contribution in [0.5, 0.6) is 5.75 Å². The van der Waals surface area contributed by atoms with Gasteiger partial charge in [0.05, 0.1) is 34.1 Å². The van der Waals surface area contributed by atoms with Crippen molar-refractivity contribution in [3.05, 3.63) is 94.0 Å². The first kappa shape index (κ1) is 28.5. The van der Waals surface area contributed by atoms with E-state index in [0.717, 1.165) is 18.4 Å². The average Bonchev–Trinajstić information content (AvgIpc) is 2.88. The fourth-order valence-electron chi connectivity index (χ4n) is 4.48. The number of rotatable bonds is 9. The summed E-state index contributed by atoms with van der Waals surface area (Å²) in [6.45, 7) is 12.5. The quantitative estimate of drug-likeness (QED) is 0.252. The summed E-state index contributed by atoms with van der Waals surface area (Å²) in [5.41, 5.74) is 2.42. The molecule has 0 fully saturated rings. The Kier molecular flexibility index (Phi) is 8.28. The molecule has 3 aromatic carbocycles. The predicted molar refractivity (Wildman–Crippen MR) is 156 cm³/mol. The van der Waals surface area contributed by atoms with Crippen molar-refractivity contribution in [1.29, 1.82) is 0 Å². The van der Waals surface area contributed by atoms with Crippen LogP contribution in [0.25, 0.3) is 16.6 Å². The fraction of sp³-hybridized carbons (Fsp3) is 0.355. The van der Waals surface area contributed by atoms with E-state index in [2.05, 4.69) is 32.4 Å². The molecule has 206 valence electrons. The van der Waals surface area contributed by atoms with Crippen LogP contribution in [0.15, 0.2) is 76.4 Å². The molecule has 0 spiro atoms. The number of hydrogen-bond acceptors (Lipinski definition) is 5. The summed E-state index contributed by atoms with van der Waals surface area (Å²) in [6.07, 6.45) is 1.99. The number of benzene rings is 3. The van der Waals surface area contributed by atoms with Gasteiger partial charge in [-0.15, -0.1) is 0 Å². The van der Waals surface area contributed by atoms with Crippen molar-refractivity contribution in [2.75, 3.05) is 6.61 Å². The van der Waals surface area contributed by atoms with Gasteiger partial charge in [0.25, 0.3) is 5.56 Å². The Balaban J connectivity index is 1.75. The van der Waals surface area contributed by atoms with Crippen LogP contribution in [-0.4, -0.2) is 24.6 Å². The minimum Gasteiger partial charge on any atom is -0.494 e. The Morgan fingerprint density at radius 2 is 1.72 bits per heavy atom. The molecule has 0 bridgehead atoms. The van der Waals surface area contributed by atoms with Crippen molar-refractivity contribution in [2.45, 2.75) is 70.7 Å². The van der Waals surface area contributed by atoms with E-state index in [4.69, 9.17) is 9.72 Å². The third-order valence-corrected chi connectivity index (χ3v) is 8.41. The first-order chi connectivity index (χ1) is 18.4. The summed E-state index contributed by atoms with van der Waals surface area (Å²) in [5, 5.41) is 0.452. The van der Waals surface area contributed by atoms with Crippen molar-refractivity contribution in [1.82, 2.24) is 14.3 Å². The van der Waals surface area contributed by atoms with Gasteiger partial charge in [-0.05, 0) is 79.3 Å². The molecule has 4 rings (SSSR count). The maximum absolute atomic E-state index is 13.7. The van der Waals surface area contributed by atoms with E-state index in [0.29, 0.717) is 40.3 Å². The van der Waals surface area contributed by atoms with Gasteiger partial charge in [-0.1, -0.05) is 58.4 Å². The predicted octanol–water partition coefficient (Wildman–Crippen LogP) is 6.21. The zero-order valence-electron chi connectivity index (χ0n) is 23.5. The molecule has 1 atom stereocenters. The lowest BCUT2D eigenvalue weighted by atomic mass is 9.86. The average molecular weight is 548 g/mol. The molecule has 0 saturated carbocycles. The summed E-state index contributed by atoms with van der Waals surface area (Å²) in [6, 6.07) is 18.9. The van der Waals surface area contributed by atoms with Gasteiger partial charge < -0.3 is 4.74 Å². The summed E-state index contributed by atoms with van der Waals surface area (Å²) in [4.78, 5) is 18.6. The van der Waals surface area contributed by atoms with Crippen molar-refractivity contribution < 1.29 is 13.2 Å². The number of nitrogens with zero attached hydrogens (tertiary/aromatic N) is 2. The largest absolute Gasteiger partial charge is 0.494 e. The lowest BCUT2D eigenvalue weighted by Gasteiger charge is -2.22. The Morgan fingerprint density at radius 1 is 1.03 bits per heavy atom. The zero-order chi connectivity index (χ0) is 28.4. The van der Waals surface area contributed by atoms with Crippen LogP contribution in [-0.2, 0) is 15.4 Å². The summed E-state index contributed by atoms with van der Waals surface area (Å²) < 4.78 is 37.1. The first-order valence-electron chi connectivity index (χ1n) is 13.3. The van der Waals surface area contributed by atoms with E-state index in [-0.39, 0.29) is 15.9 Å². The van der Waals surface area contributed by atoms with Gasteiger partial charge in [0.1, 0.15) is 11.6 Å². The second kappa shape index (κ2) is 11.3. The molecule has 0 aliphatic heterocycles. The highest BCUT2D eigenvalue weighted by Crippen LogP contribution is 2.27. The smallest absolute Gasteiger partial charge is 0.266 e. The van der Waals surface area contributed by atoms with Gasteiger partial charge >= 0.3 is 0 Å². The van der Waals surface area contributed by atoms with Crippen LogP contribution < -0.4 is 15.0 Å². The normalized spacial score (nSPS) is 13.0. The molecule has 0 aliphatic carbocycles. The second-order valence-corrected chi connectivity index (χ2v) is 12.6. The van der Waals surface area contributed by atoms with Crippen LogP contribution in [0.3, 0.4) is 0 Å². The fourth-order valence-corrected chi connectivity index (χ4v) is 5.91. The van der Waals surface area contributed by atoms with Crippen LogP contribution >= 0.6 is 0 Å². The van der Waals surface area contributed by atoms with E-state index in [1.165, 1.54) is 4.57 Å². The maximum atomic E-state index is 13.7. The van der Waals surface area contributed by atoms with Crippen molar-refractivity contribution >= 4 is 20.9 Å². The van der Waals surface area contributed by atoms with Crippen LogP contribution in [0.2, 0.25) is 0 Å².